The first-order valence-corrected chi connectivity index (χ1v) is 14.8. The smallest absolute Gasteiger partial charge is 0.262 e. The van der Waals surface area contributed by atoms with Gasteiger partial charge in [-0.3, -0.25) is 9.36 Å². The van der Waals surface area contributed by atoms with Crippen LogP contribution in [0.4, 0.5) is 10.1 Å². The molecule has 40 heavy (non-hydrogen) atoms. The lowest BCUT2D eigenvalue weighted by Crippen LogP contribution is -2.26. The molecule has 4 aromatic rings. The summed E-state index contributed by atoms with van der Waals surface area (Å²) in [5, 5.41) is 3.47. The minimum atomic E-state index is -0.446. The molecule has 0 bridgehead atoms. The molecule has 3 aromatic carbocycles. The predicted octanol–water partition coefficient (Wildman–Crippen LogP) is 7.78. The van der Waals surface area contributed by atoms with Crippen LogP contribution in [0.2, 0.25) is 0 Å². The molecule has 0 aliphatic heterocycles. The zero-order valence-electron chi connectivity index (χ0n) is 23.8. The first-order valence-electron chi connectivity index (χ1n) is 14.0. The minimum Gasteiger partial charge on any atom is -0.383 e. The van der Waals surface area contributed by atoms with Crippen LogP contribution in [0.1, 0.15) is 62.5 Å². The third kappa shape index (κ3) is 7.46. The van der Waals surface area contributed by atoms with Crippen LogP contribution >= 0.6 is 15.9 Å². The number of aromatic nitrogens is 2. The van der Waals surface area contributed by atoms with Crippen LogP contribution < -0.4 is 10.9 Å². The van der Waals surface area contributed by atoms with Crippen molar-refractivity contribution in [3.05, 3.63) is 104 Å². The lowest BCUT2D eigenvalue weighted by atomic mass is 10.0. The molecule has 4 rings (SSSR count). The van der Waals surface area contributed by atoms with Gasteiger partial charge in [0.2, 0.25) is 0 Å². The Morgan fingerprint density at radius 3 is 2.38 bits per heavy atom. The fourth-order valence-electron chi connectivity index (χ4n) is 4.68. The Bertz CT molecular complexity index is 1510. The molecule has 1 aromatic heterocycles. The van der Waals surface area contributed by atoms with Gasteiger partial charge >= 0.3 is 0 Å². The van der Waals surface area contributed by atoms with Gasteiger partial charge in [-0.1, -0.05) is 86.1 Å². The molecule has 0 amide bonds. The van der Waals surface area contributed by atoms with E-state index < -0.39 is 5.82 Å². The Morgan fingerprint density at radius 1 is 1.02 bits per heavy atom. The van der Waals surface area contributed by atoms with Gasteiger partial charge in [0, 0.05) is 11.0 Å². The average molecular weight is 606 g/mol. The SMILES string of the molecule is CCN(CC)CCCNc1cc2nc(/C=C/c3ccc(C(C)C)cc3)n(Cc3ccc(Br)cc3)c(=O)c2cc1F. The number of hydrogen-bond donors (Lipinski definition) is 1. The molecule has 210 valence electrons. The number of halogens is 2. The zero-order valence-corrected chi connectivity index (χ0v) is 25.3. The van der Waals surface area contributed by atoms with Crippen molar-refractivity contribution in [2.75, 3.05) is 31.5 Å². The summed E-state index contributed by atoms with van der Waals surface area (Å²) in [6.45, 7) is 12.5. The highest BCUT2D eigenvalue weighted by atomic mass is 79.9. The van der Waals surface area contributed by atoms with Gasteiger partial charge in [-0.15, -0.1) is 0 Å². The maximum atomic E-state index is 15.1. The molecular formula is C33H38BrFN4O. The number of fused-ring (bicyclic) bond motifs is 1. The second-order valence-electron chi connectivity index (χ2n) is 10.3. The fraction of sp³-hybridized carbons (Fsp3) is 0.333. The van der Waals surface area contributed by atoms with Crippen molar-refractivity contribution in [1.29, 1.82) is 0 Å². The largest absolute Gasteiger partial charge is 0.383 e. The van der Waals surface area contributed by atoms with Gasteiger partial charge in [-0.2, -0.15) is 0 Å². The van der Waals surface area contributed by atoms with Crippen molar-refractivity contribution in [3.8, 4) is 0 Å². The van der Waals surface area contributed by atoms with Crippen LogP contribution in [0.25, 0.3) is 23.1 Å². The Kier molecular flexibility index (Phi) is 10.3. The van der Waals surface area contributed by atoms with Gasteiger partial charge in [0.1, 0.15) is 11.6 Å². The highest BCUT2D eigenvalue weighted by Crippen LogP contribution is 2.22. The van der Waals surface area contributed by atoms with E-state index in [0.717, 1.165) is 41.7 Å². The van der Waals surface area contributed by atoms with Crippen molar-refractivity contribution >= 4 is 44.7 Å². The van der Waals surface area contributed by atoms with E-state index in [2.05, 4.69) is 78.1 Å². The van der Waals surface area contributed by atoms with Gasteiger partial charge in [-0.05, 0) is 79.0 Å². The van der Waals surface area contributed by atoms with Gasteiger partial charge in [-0.25, -0.2) is 9.37 Å². The van der Waals surface area contributed by atoms with Crippen LogP contribution in [0.5, 0.6) is 0 Å². The van der Waals surface area contributed by atoms with Crippen LogP contribution in [-0.2, 0) is 6.54 Å². The monoisotopic (exact) mass is 604 g/mol. The maximum absolute atomic E-state index is 15.1. The van der Waals surface area contributed by atoms with E-state index in [1.54, 1.807) is 10.6 Å². The first kappa shape index (κ1) is 29.7. The highest BCUT2D eigenvalue weighted by Gasteiger charge is 2.14. The van der Waals surface area contributed by atoms with E-state index in [1.165, 1.54) is 11.6 Å². The topological polar surface area (TPSA) is 50.2 Å². The Hall–Kier alpha value is -3.29. The Morgan fingerprint density at radius 2 is 1.73 bits per heavy atom. The van der Waals surface area contributed by atoms with Crippen LogP contribution in [0.15, 0.2) is 69.9 Å². The summed E-state index contributed by atoms with van der Waals surface area (Å²) in [7, 11) is 0. The van der Waals surface area contributed by atoms with Crippen molar-refractivity contribution in [1.82, 2.24) is 14.5 Å². The van der Waals surface area contributed by atoms with E-state index in [1.807, 2.05) is 36.4 Å². The lowest BCUT2D eigenvalue weighted by Gasteiger charge is -2.18. The van der Waals surface area contributed by atoms with Gasteiger partial charge < -0.3 is 10.2 Å². The maximum Gasteiger partial charge on any atom is 0.262 e. The Labute approximate surface area is 244 Å². The third-order valence-electron chi connectivity index (χ3n) is 7.22. The summed E-state index contributed by atoms with van der Waals surface area (Å²) in [6, 6.07) is 19.2. The molecule has 0 unspecified atom stereocenters. The third-order valence-corrected chi connectivity index (χ3v) is 7.74. The molecule has 0 aliphatic carbocycles. The number of anilines is 1. The molecule has 1 heterocycles. The molecule has 0 fully saturated rings. The molecule has 1 N–H and O–H groups in total. The van der Waals surface area contributed by atoms with Crippen molar-refractivity contribution < 1.29 is 4.39 Å². The molecule has 0 radical (unpaired) electrons. The molecule has 0 aliphatic rings. The van der Waals surface area contributed by atoms with E-state index in [4.69, 9.17) is 4.98 Å². The zero-order chi connectivity index (χ0) is 28.6. The first-order chi connectivity index (χ1) is 19.3. The molecule has 0 saturated carbocycles. The fourth-order valence-corrected chi connectivity index (χ4v) is 4.94. The van der Waals surface area contributed by atoms with E-state index in [-0.39, 0.29) is 10.9 Å². The predicted molar refractivity (Wildman–Crippen MR) is 170 cm³/mol. The number of hydrogen-bond acceptors (Lipinski definition) is 4. The van der Waals surface area contributed by atoms with Crippen LogP contribution in [-0.4, -0.2) is 40.6 Å². The standard InChI is InChI=1S/C33H38BrFN4O/c1-5-38(6-2)19-7-18-36-31-21-30-28(20-29(31)35)33(40)39(22-25-10-15-27(34)16-11-25)32(37-30)17-12-24-8-13-26(14-9-24)23(3)4/h8-17,20-21,23,36H,5-7,18-19,22H2,1-4H3/b17-12+. The Balaban J connectivity index is 1.69. The molecule has 5 nitrogen and oxygen atoms in total. The van der Waals surface area contributed by atoms with Crippen LogP contribution in [0.3, 0.4) is 0 Å². The summed E-state index contributed by atoms with van der Waals surface area (Å²) in [4.78, 5) is 20.9. The van der Waals surface area contributed by atoms with E-state index in [0.29, 0.717) is 36.0 Å². The lowest BCUT2D eigenvalue weighted by molar-refractivity contribution is 0.303. The van der Waals surface area contributed by atoms with Crippen molar-refractivity contribution in [3.63, 3.8) is 0 Å². The van der Waals surface area contributed by atoms with Crippen LogP contribution in [0, 0.1) is 5.82 Å². The normalized spacial score (nSPS) is 11.8. The summed E-state index contributed by atoms with van der Waals surface area (Å²) < 4.78 is 17.7. The number of nitrogens with zero attached hydrogens (tertiary/aromatic N) is 3. The second kappa shape index (κ2) is 13.9. The summed E-state index contributed by atoms with van der Waals surface area (Å²) in [6.07, 6.45) is 4.72. The molecule has 0 atom stereocenters. The molecule has 7 heteroatoms. The van der Waals surface area contributed by atoms with Gasteiger partial charge in [0.05, 0.1) is 23.1 Å². The minimum absolute atomic E-state index is 0.265. The van der Waals surface area contributed by atoms with Gasteiger partial charge in [0.15, 0.2) is 0 Å². The van der Waals surface area contributed by atoms with Crippen molar-refractivity contribution in [2.24, 2.45) is 0 Å². The molecule has 0 saturated heterocycles. The number of nitrogens with one attached hydrogen (secondary N) is 1. The van der Waals surface area contributed by atoms with Crippen molar-refractivity contribution in [2.45, 2.75) is 46.6 Å². The second-order valence-corrected chi connectivity index (χ2v) is 11.2. The average Bonchev–Trinajstić information content (AvgIpc) is 2.95. The molecular weight excluding hydrogens is 567 g/mol. The quantitative estimate of drug-likeness (QED) is 0.168. The summed E-state index contributed by atoms with van der Waals surface area (Å²) in [5.41, 5.74) is 3.81. The van der Waals surface area contributed by atoms with Gasteiger partial charge in [0.25, 0.3) is 5.56 Å². The summed E-state index contributed by atoms with van der Waals surface area (Å²) in [5.74, 6) is 0.530. The summed E-state index contributed by atoms with van der Waals surface area (Å²) >= 11 is 3.47. The number of benzene rings is 3. The van der Waals surface area contributed by atoms with E-state index >= 15 is 4.39 Å². The number of rotatable bonds is 12. The van der Waals surface area contributed by atoms with E-state index in [9.17, 15) is 4.79 Å². The highest BCUT2D eigenvalue weighted by molar-refractivity contribution is 9.10. The molecule has 0 spiro atoms.